The summed E-state index contributed by atoms with van der Waals surface area (Å²) in [5.41, 5.74) is -0.0459. The third kappa shape index (κ3) is 1.79. The van der Waals surface area contributed by atoms with Crippen LogP contribution in [0.4, 0.5) is 10.3 Å². The van der Waals surface area contributed by atoms with Gasteiger partial charge in [-0.15, -0.1) is 0 Å². The lowest BCUT2D eigenvalue weighted by Gasteiger charge is -2.09. The molecule has 0 aliphatic carbocycles. The van der Waals surface area contributed by atoms with Gasteiger partial charge in [0.1, 0.15) is 17.1 Å². The molecule has 0 amide bonds. The molecule has 3 rings (SSSR count). The van der Waals surface area contributed by atoms with Crippen LogP contribution in [0.25, 0.3) is 11.5 Å². The monoisotopic (exact) mass is 249 g/mol. The molecule has 6 heteroatoms. The third-order valence-corrected chi connectivity index (χ3v) is 3.01. The predicted molar refractivity (Wildman–Crippen MR) is 62.8 cm³/mol. The molecule has 1 aliphatic heterocycles. The molecule has 2 heterocycles. The van der Waals surface area contributed by atoms with E-state index in [2.05, 4.69) is 10.1 Å². The highest BCUT2D eigenvalue weighted by Gasteiger charge is 2.21. The molecule has 0 spiro atoms. The van der Waals surface area contributed by atoms with Crippen molar-refractivity contribution >= 4 is 5.95 Å². The van der Waals surface area contributed by atoms with Gasteiger partial charge in [-0.2, -0.15) is 4.98 Å². The molecule has 5 nitrogen and oxygen atoms in total. The maximum atomic E-state index is 13.6. The van der Waals surface area contributed by atoms with Crippen LogP contribution in [0.1, 0.15) is 12.8 Å². The molecule has 0 unspecified atom stereocenters. The topological polar surface area (TPSA) is 62.4 Å². The van der Waals surface area contributed by atoms with Crippen LogP contribution in [0.2, 0.25) is 0 Å². The first-order chi connectivity index (χ1) is 8.75. The van der Waals surface area contributed by atoms with E-state index in [-0.39, 0.29) is 17.2 Å². The van der Waals surface area contributed by atoms with Crippen LogP contribution in [-0.2, 0) is 0 Å². The smallest absolute Gasteiger partial charge is 0.266 e. The van der Waals surface area contributed by atoms with E-state index >= 15 is 0 Å². The van der Waals surface area contributed by atoms with E-state index in [4.69, 9.17) is 4.52 Å². The van der Waals surface area contributed by atoms with Gasteiger partial charge in [0, 0.05) is 13.1 Å². The Balaban J connectivity index is 1.97. The quantitative estimate of drug-likeness (QED) is 0.883. The van der Waals surface area contributed by atoms with Gasteiger partial charge in [0.2, 0.25) is 0 Å². The standard InChI is InChI=1S/C12H12FN3O2/c13-8-4-3-5-9(17)10(8)11-14-12(15-18-11)16-6-1-2-7-16/h3-5,17H,1-2,6-7H2. The first-order valence-corrected chi connectivity index (χ1v) is 5.82. The van der Waals surface area contributed by atoms with Crippen molar-refractivity contribution < 1.29 is 14.0 Å². The van der Waals surface area contributed by atoms with E-state index < -0.39 is 5.82 Å². The summed E-state index contributed by atoms with van der Waals surface area (Å²) in [6.45, 7) is 1.75. The average molecular weight is 249 g/mol. The first-order valence-electron chi connectivity index (χ1n) is 5.82. The van der Waals surface area contributed by atoms with Crippen molar-refractivity contribution in [3.63, 3.8) is 0 Å². The van der Waals surface area contributed by atoms with E-state index in [0.29, 0.717) is 5.95 Å². The summed E-state index contributed by atoms with van der Waals surface area (Å²) < 4.78 is 18.6. The maximum Gasteiger partial charge on any atom is 0.266 e. The predicted octanol–water partition coefficient (Wildman–Crippen LogP) is 2.18. The van der Waals surface area contributed by atoms with Crippen molar-refractivity contribution in [2.75, 3.05) is 18.0 Å². The molecular formula is C12H12FN3O2. The van der Waals surface area contributed by atoms with E-state index in [1.54, 1.807) is 0 Å². The zero-order valence-corrected chi connectivity index (χ0v) is 9.64. The fraction of sp³-hybridized carbons (Fsp3) is 0.333. The Kier molecular flexibility index (Phi) is 2.62. The van der Waals surface area contributed by atoms with Gasteiger partial charge in [-0.1, -0.05) is 6.07 Å². The van der Waals surface area contributed by atoms with Gasteiger partial charge in [0.15, 0.2) is 0 Å². The number of hydrogen-bond acceptors (Lipinski definition) is 5. The number of hydrogen-bond donors (Lipinski definition) is 1. The second kappa shape index (κ2) is 4.29. The van der Waals surface area contributed by atoms with Crippen LogP contribution in [0.3, 0.4) is 0 Å². The van der Waals surface area contributed by atoms with Gasteiger partial charge in [-0.3, -0.25) is 0 Å². The molecule has 1 aliphatic rings. The number of rotatable bonds is 2. The molecule has 18 heavy (non-hydrogen) atoms. The number of anilines is 1. The minimum Gasteiger partial charge on any atom is -0.507 e. The summed E-state index contributed by atoms with van der Waals surface area (Å²) in [4.78, 5) is 6.11. The summed E-state index contributed by atoms with van der Waals surface area (Å²) in [6.07, 6.45) is 2.18. The molecule has 0 saturated carbocycles. The summed E-state index contributed by atoms with van der Waals surface area (Å²) in [5, 5.41) is 13.5. The molecule has 94 valence electrons. The Bertz CT molecular complexity index is 544. The highest BCUT2D eigenvalue weighted by molar-refractivity contribution is 5.63. The van der Waals surface area contributed by atoms with Gasteiger partial charge < -0.3 is 14.5 Å². The van der Waals surface area contributed by atoms with Gasteiger partial charge in [-0.25, -0.2) is 4.39 Å². The molecule has 0 radical (unpaired) electrons. The van der Waals surface area contributed by atoms with E-state index in [0.717, 1.165) is 25.9 Å². The Hall–Kier alpha value is -2.11. The van der Waals surface area contributed by atoms with Crippen molar-refractivity contribution in [1.29, 1.82) is 0 Å². The fourth-order valence-electron chi connectivity index (χ4n) is 2.09. The molecule has 0 bridgehead atoms. The number of halogens is 1. The normalized spacial score (nSPS) is 15.3. The minimum atomic E-state index is -0.577. The van der Waals surface area contributed by atoms with Crippen molar-refractivity contribution in [3.8, 4) is 17.2 Å². The van der Waals surface area contributed by atoms with Gasteiger partial charge in [0.25, 0.3) is 11.8 Å². The Morgan fingerprint density at radius 1 is 1.28 bits per heavy atom. The molecule has 1 aromatic heterocycles. The van der Waals surface area contributed by atoms with Crippen LogP contribution >= 0.6 is 0 Å². The number of aromatic hydroxyl groups is 1. The minimum absolute atomic E-state index is 0.00694. The second-order valence-electron chi connectivity index (χ2n) is 4.23. The van der Waals surface area contributed by atoms with Crippen molar-refractivity contribution in [1.82, 2.24) is 10.1 Å². The van der Waals surface area contributed by atoms with Crippen molar-refractivity contribution in [2.45, 2.75) is 12.8 Å². The molecule has 0 atom stereocenters. The van der Waals surface area contributed by atoms with Gasteiger partial charge in [0.05, 0.1) is 0 Å². The van der Waals surface area contributed by atoms with Gasteiger partial charge in [-0.05, 0) is 30.1 Å². The zero-order chi connectivity index (χ0) is 12.5. The molecule has 1 aromatic carbocycles. The van der Waals surface area contributed by atoms with Crippen LogP contribution in [0, 0.1) is 5.82 Å². The van der Waals surface area contributed by atoms with Crippen LogP contribution in [0.5, 0.6) is 5.75 Å². The van der Waals surface area contributed by atoms with Crippen LogP contribution in [-0.4, -0.2) is 28.3 Å². The highest BCUT2D eigenvalue weighted by Crippen LogP contribution is 2.31. The molecule has 1 fully saturated rings. The SMILES string of the molecule is Oc1cccc(F)c1-c1nc(N2CCCC2)no1. The summed E-state index contributed by atoms with van der Waals surface area (Å²) >= 11 is 0. The van der Waals surface area contributed by atoms with E-state index in [1.165, 1.54) is 18.2 Å². The lowest BCUT2D eigenvalue weighted by atomic mass is 10.2. The second-order valence-corrected chi connectivity index (χ2v) is 4.23. The van der Waals surface area contributed by atoms with E-state index in [9.17, 15) is 9.50 Å². The summed E-state index contributed by atoms with van der Waals surface area (Å²) in [7, 11) is 0. The Morgan fingerprint density at radius 3 is 2.78 bits per heavy atom. The number of nitrogens with zero attached hydrogens (tertiary/aromatic N) is 3. The molecule has 2 aromatic rings. The van der Waals surface area contributed by atoms with Crippen molar-refractivity contribution in [2.24, 2.45) is 0 Å². The summed E-state index contributed by atoms with van der Waals surface area (Å²) in [5.74, 6) is -0.323. The largest absolute Gasteiger partial charge is 0.507 e. The fourth-order valence-corrected chi connectivity index (χ4v) is 2.09. The lowest BCUT2D eigenvalue weighted by Crippen LogP contribution is -2.18. The number of aromatic nitrogens is 2. The van der Waals surface area contributed by atoms with E-state index in [1.807, 2.05) is 4.90 Å². The zero-order valence-electron chi connectivity index (χ0n) is 9.64. The van der Waals surface area contributed by atoms with Gasteiger partial charge >= 0.3 is 0 Å². The first kappa shape index (κ1) is 11.0. The van der Waals surface area contributed by atoms with Crippen molar-refractivity contribution in [3.05, 3.63) is 24.0 Å². The number of phenols is 1. The molecule has 1 N–H and O–H groups in total. The molecular weight excluding hydrogens is 237 g/mol. The number of phenolic OH excluding ortho intramolecular Hbond substituents is 1. The van der Waals surface area contributed by atoms with Crippen LogP contribution < -0.4 is 4.90 Å². The van der Waals surface area contributed by atoms with Crippen LogP contribution in [0.15, 0.2) is 22.7 Å². The molecule has 1 saturated heterocycles. The number of benzene rings is 1. The highest BCUT2D eigenvalue weighted by atomic mass is 19.1. The lowest BCUT2D eigenvalue weighted by molar-refractivity contribution is 0.419. The summed E-state index contributed by atoms with van der Waals surface area (Å²) in [6, 6.07) is 4.05. The third-order valence-electron chi connectivity index (χ3n) is 3.01. The maximum absolute atomic E-state index is 13.6. The Labute approximate surface area is 103 Å². The Morgan fingerprint density at radius 2 is 2.06 bits per heavy atom. The average Bonchev–Trinajstić information content (AvgIpc) is 2.99.